The minimum absolute atomic E-state index is 0.0243. The van der Waals surface area contributed by atoms with Gasteiger partial charge in [0, 0.05) is 18.3 Å². The van der Waals surface area contributed by atoms with Gasteiger partial charge in [0.25, 0.3) is 0 Å². The lowest BCUT2D eigenvalue weighted by Gasteiger charge is -2.36. The van der Waals surface area contributed by atoms with E-state index in [0.717, 1.165) is 5.69 Å². The summed E-state index contributed by atoms with van der Waals surface area (Å²) in [4.78, 5) is 11.9. The lowest BCUT2D eigenvalue weighted by Crippen LogP contribution is -2.63. The fourth-order valence-corrected chi connectivity index (χ4v) is 2.20. The van der Waals surface area contributed by atoms with Gasteiger partial charge in [-0.25, -0.2) is 0 Å². The maximum atomic E-state index is 11.9. The molecule has 0 saturated carbocycles. The third-order valence-electron chi connectivity index (χ3n) is 3.18. The molecule has 1 heterocycles. The molecular weight excluding hydrogens is 230 g/mol. The van der Waals surface area contributed by atoms with Gasteiger partial charge in [0.05, 0.1) is 5.92 Å². The summed E-state index contributed by atoms with van der Waals surface area (Å²) in [7, 11) is 0. The Hall–Kier alpha value is -1.59. The van der Waals surface area contributed by atoms with E-state index in [-0.39, 0.29) is 30.8 Å². The maximum absolute atomic E-state index is 11.9. The highest BCUT2D eigenvalue weighted by atomic mass is 16.3. The molecule has 18 heavy (non-hydrogen) atoms. The van der Waals surface area contributed by atoms with Crippen molar-refractivity contribution in [2.75, 3.05) is 11.9 Å². The van der Waals surface area contributed by atoms with Crippen molar-refractivity contribution in [3.05, 3.63) is 30.3 Å². The van der Waals surface area contributed by atoms with Crippen LogP contribution >= 0.6 is 0 Å². The Kier molecular flexibility index (Phi) is 4.17. The summed E-state index contributed by atoms with van der Waals surface area (Å²) >= 11 is 0. The van der Waals surface area contributed by atoms with E-state index in [0.29, 0.717) is 6.42 Å². The average molecular weight is 249 g/mol. The van der Waals surface area contributed by atoms with Crippen molar-refractivity contribution in [2.24, 2.45) is 5.92 Å². The average Bonchev–Trinajstić information content (AvgIpc) is 2.35. The number of anilines is 1. The first-order chi connectivity index (χ1) is 8.70. The quantitative estimate of drug-likeness (QED) is 0.626. The summed E-state index contributed by atoms with van der Waals surface area (Å²) in [6.07, 6.45) is 0.211. The van der Waals surface area contributed by atoms with E-state index in [4.69, 9.17) is 5.11 Å². The van der Waals surface area contributed by atoms with Gasteiger partial charge in [-0.2, -0.15) is 0 Å². The highest BCUT2D eigenvalue weighted by Gasteiger charge is 2.32. The van der Waals surface area contributed by atoms with Crippen LogP contribution in [-0.2, 0) is 4.79 Å². The molecule has 1 aliphatic heterocycles. The van der Waals surface area contributed by atoms with Crippen molar-refractivity contribution in [3.8, 4) is 0 Å². The standard InChI is InChI=1S/C13H19N3O2/c1-9-11(7-8-17)12(18)16-13(14-9)15-10-5-3-2-4-6-10/h2-6,9,11,13-15,17H,7-8H2,1H3,(H,16,18). The molecule has 5 nitrogen and oxygen atoms in total. The predicted molar refractivity (Wildman–Crippen MR) is 69.8 cm³/mol. The number of benzene rings is 1. The van der Waals surface area contributed by atoms with Crippen LogP contribution in [0.3, 0.4) is 0 Å². The zero-order valence-corrected chi connectivity index (χ0v) is 10.4. The Morgan fingerprint density at radius 2 is 2.06 bits per heavy atom. The fourth-order valence-electron chi connectivity index (χ4n) is 2.20. The predicted octanol–water partition coefficient (Wildman–Crippen LogP) is 0.489. The van der Waals surface area contributed by atoms with Gasteiger partial charge in [-0.3, -0.25) is 10.1 Å². The van der Waals surface area contributed by atoms with Crippen LogP contribution in [0.5, 0.6) is 0 Å². The number of aliphatic hydroxyl groups is 1. The SMILES string of the molecule is CC1NC(Nc2ccccc2)NC(=O)C1CCO. The number of para-hydroxylation sites is 1. The molecule has 2 rings (SSSR count). The Balaban J connectivity index is 1.96. The summed E-state index contributed by atoms with van der Waals surface area (Å²) in [5.41, 5.74) is 0.947. The molecule has 1 aliphatic rings. The van der Waals surface area contributed by atoms with Crippen molar-refractivity contribution in [1.29, 1.82) is 0 Å². The molecule has 1 fully saturated rings. The molecule has 0 bridgehead atoms. The Morgan fingerprint density at radius 1 is 1.33 bits per heavy atom. The normalized spacial score (nSPS) is 27.7. The molecular formula is C13H19N3O2. The lowest BCUT2D eigenvalue weighted by molar-refractivity contribution is -0.129. The van der Waals surface area contributed by atoms with E-state index >= 15 is 0 Å². The van der Waals surface area contributed by atoms with E-state index in [9.17, 15) is 4.79 Å². The molecule has 5 heteroatoms. The van der Waals surface area contributed by atoms with Crippen LogP contribution < -0.4 is 16.0 Å². The first-order valence-corrected chi connectivity index (χ1v) is 6.19. The van der Waals surface area contributed by atoms with Crippen molar-refractivity contribution in [1.82, 2.24) is 10.6 Å². The summed E-state index contributed by atoms with van der Waals surface area (Å²) < 4.78 is 0. The maximum Gasteiger partial charge on any atom is 0.227 e. The van der Waals surface area contributed by atoms with Gasteiger partial charge in [0.1, 0.15) is 0 Å². The third kappa shape index (κ3) is 3.00. The second-order valence-corrected chi connectivity index (χ2v) is 4.53. The second-order valence-electron chi connectivity index (χ2n) is 4.53. The van der Waals surface area contributed by atoms with Crippen LogP contribution in [0.4, 0.5) is 5.69 Å². The molecule has 0 spiro atoms. The summed E-state index contributed by atoms with van der Waals surface area (Å²) in [5, 5.41) is 18.3. The Bertz CT molecular complexity index is 396. The zero-order chi connectivity index (χ0) is 13.0. The zero-order valence-electron chi connectivity index (χ0n) is 10.4. The first-order valence-electron chi connectivity index (χ1n) is 6.19. The number of carbonyl (C=O) groups excluding carboxylic acids is 1. The Labute approximate surface area is 107 Å². The van der Waals surface area contributed by atoms with Gasteiger partial charge in [0.15, 0.2) is 6.29 Å². The van der Waals surface area contributed by atoms with Crippen LogP contribution in [-0.4, -0.2) is 30.0 Å². The van der Waals surface area contributed by atoms with Crippen molar-refractivity contribution in [2.45, 2.75) is 25.7 Å². The van der Waals surface area contributed by atoms with Gasteiger partial charge in [-0.1, -0.05) is 18.2 Å². The third-order valence-corrected chi connectivity index (χ3v) is 3.18. The summed E-state index contributed by atoms with van der Waals surface area (Å²) in [6, 6.07) is 9.73. The minimum Gasteiger partial charge on any atom is -0.396 e. The molecule has 1 aromatic carbocycles. The number of rotatable bonds is 4. The first kappa shape index (κ1) is 12.9. The van der Waals surface area contributed by atoms with Crippen molar-refractivity contribution in [3.63, 3.8) is 0 Å². The van der Waals surface area contributed by atoms with Crippen LogP contribution in [0.1, 0.15) is 13.3 Å². The van der Waals surface area contributed by atoms with Crippen LogP contribution in [0.25, 0.3) is 0 Å². The van der Waals surface area contributed by atoms with E-state index in [1.165, 1.54) is 0 Å². The Morgan fingerprint density at radius 3 is 2.67 bits per heavy atom. The number of amides is 1. The summed E-state index contributed by atoms with van der Waals surface area (Å²) in [5.74, 6) is -0.201. The van der Waals surface area contributed by atoms with Crippen molar-refractivity contribution < 1.29 is 9.90 Å². The van der Waals surface area contributed by atoms with E-state index < -0.39 is 0 Å². The number of hydrogen-bond acceptors (Lipinski definition) is 4. The van der Waals surface area contributed by atoms with Gasteiger partial charge in [0.2, 0.25) is 5.91 Å². The van der Waals surface area contributed by atoms with E-state index in [1.54, 1.807) is 0 Å². The number of aliphatic hydroxyl groups excluding tert-OH is 1. The molecule has 1 amide bonds. The number of carbonyl (C=O) groups is 1. The van der Waals surface area contributed by atoms with Gasteiger partial charge >= 0.3 is 0 Å². The van der Waals surface area contributed by atoms with E-state index in [2.05, 4.69) is 16.0 Å². The number of nitrogens with one attached hydrogen (secondary N) is 3. The minimum atomic E-state index is -0.273. The topological polar surface area (TPSA) is 73.4 Å². The molecule has 1 saturated heterocycles. The fraction of sp³-hybridized carbons (Fsp3) is 0.462. The largest absolute Gasteiger partial charge is 0.396 e. The highest BCUT2D eigenvalue weighted by Crippen LogP contribution is 2.15. The number of hydrogen-bond donors (Lipinski definition) is 4. The monoisotopic (exact) mass is 249 g/mol. The molecule has 0 radical (unpaired) electrons. The lowest BCUT2D eigenvalue weighted by atomic mass is 9.95. The van der Waals surface area contributed by atoms with Gasteiger partial charge < -0.3 is 15.7 Å². The van der Waals surface area contributed by atoms with E-state index in [1.807, 2.05) is 37.3 Å². The van der Waals surface area contributed by atoms with Gasteiger partial charge in [-0.05, 0) is 25.5 Å². The van der Waals surface area contributed by atoms with Crippen molar-refractivity contribution >= 4 is 11.6 Å². The second kappa shape index (κ2) is 5.84. The molecule has 1 aromatic rings. The summed E-state index contributed by atoms with van der Waals surface area (Å²) in [6.45, 7) is 1.99. The molecule has 98 valence electrons. The molecule has 0 aliphatic carbocycles. The molecule has 0 aromatic heterocycles. The van der Waals surface area contributed by atoms with Crippen LogP contribution in [0.2, 0.25) is 0 Å². The molecule has 3 atom stereocenters. The van der Waals surface area contributed by atoms with Crippen LogP contribution in [0.15, 0.2) is 30.3 Å². The molecule has 3 unspecified atom stereocenters. The smallest absolute Gasteiger partial charge is 0.227 e. The van der Waals surface area contributed by atoms with Crippen LogP contribution in [0, 0.1) is 5.92 Å². The molecule has 4 N–H and O–H groups in total. The highest BCUT2D eigenvalue weighted by molar-refractivity contribution is 5.80. The van der Waals surface area contributed by atoms with Gasteiger partial charge in [-0.15, -0.1) is 0 Å².